The fourth-order valence-electron chi connectivity index (χ4n) is 4.72. The second-order valence-corrected chi connectivity index (χ2v) is 8.18. The number of carboxylic acids is 2. The molecule has 156 valence electrons. The van der Waals surface area contributed by atoms with Gasteiger partial charge in [0.15, 0.2) is 0 Å². The normalized spacial score (nSPS) is 12.8. The van der Waals surface area contributed by atoms with Gasteiger partial charge in [0.2, 0.25) is 0 Å². The Hall–Kier alpha value is -0.857. The van der Waals surface area contributed by atoms with Gasteiger partial charge in [0.25, 0.3) is 0 Å². The number of fused-ring (bicyclic) bond motifs is 7. The van der Waals surface area contributed by atoms with Gasteiger partial charge in [0.05, 0.1) is 45.9 Å². The number of aryl methyl sites for hydroxylation is 4. The molecule has 0 N–H and O–H groups in total. The van der Waals surface area contributed by atoms with Crippen LogP contribution in [-0.2, 0) is 25.7 Å². The van der Waals surface area contributed by atoms with Crippen molar-refractivity contribution in [2.45, 2.75) is 25.7 Å². The molecule has 0 saturated heterocycles. The van der Waals surface area contributed by atoms with E-state index in [1.165, 1.54) is 12.1 Å². The molecular weight excluding hydrogens is 484 g/mol. The number of rotatable bonds is 2. The molecule has 0 fully saturated rings. The van der Waals surface area contributed by atoms with Crippen LogP contribution >= 0.6 is 0 Å². The zero-order valence-electron chi connectivity index (χ0n) is 18.8. The average Bonchev–Trinajstić information content (AvgIpc) is 2.80. The zero-order chi connectivity index (χ0) is 22.0. The molecule has 0 saturated carbocycles. The smallest absolute Gasteiger partial charge is 0.543 e. The molecule has 9 heteroatoms. The van der Waals surface area contributed by atoms with E-state index in [0.29, 0.717) is 17.1 Å². The Bertz CT molecular complexity index is 1400. The standard InChI is InChI=1S/C25H17N3O4.2K/c29-24(30)18-7-5-12-1-3-14-9-16-10-15-4-2-13-6-8-19(25(31)32)27-22(13)23(15)28-20(16)11-17(14)21(12)26-18;;/h5-11H,1-4H2,(H,29,30)(H,31,32);;/q;2*+1/p-2. The van der Waals surface area contributed by atoms with Crippen molar-refractivity contribution in [3.63, 3.8) is 0 Å². The van der Waals surface area contributed by atoms with E-state index in [-0.39, 0.29) is 114 Å². The molecule has 2 aliphatic rings. The molecule has 0 unspecified atom stereocenters. The Morgan fingerprint density at radius 2 is 1.12 bits per heavy atom. The maximum atomic E-state index is 11.3. The summed E-state index contributed by atoms with van der Waals surface area (Å²) in [4.78, 5) is 36.2. The van der Waals surface area contributed by atoms with Gasteiger partial charge in [-0.2, -0.15) is 0 Å². The first kappa shape index (κ1) is 26.2. The summed E-state index contributed by atoms with van der Waals surface area (Å²) in [7, 11) is 0. The molecule has 2 aliphatic carbocycles. The van der Waals surface area contributed by atoms with Crippen molar-refractivity contribution in [3.8, 4) is 22.6 Å². The van der Waals surface area contributed by atoms with E-state index in [1.807, 2.05) is 6.07 Å². The second-order valence-electron chi connectivity index (χ2n) is 8.18. The van der Waals surface area contributed by atoms with Gasteiger partial charge in [0, 0.05) is 10.9 Å². The van der Waals surface area contributed by atoms with Crippen LogP contribution in [0.25, 0.3) is 33.5 Å². The van der Waals surface area contributed by atoms with E-state index in [4.69, 9.17) is 4.98 Å². The number of carbonyl (C=O) groups is 2. The van der Waals surface area contributed by atoms with Crippen LogP contribution in [0.2, 0.25) is 0 Å². The minimum atomic E-state index is -1.32. The third kappa shape index (κ3) is 4.52. The molecule has 0 radical (unpaired) electrons. The van der Waals surface area contributed by atoms with Crippen LogP contribution in [-0.4, -0.2) is 26.9 Å². The van der Waals surface area contributed by atoms with Crippen molar-refractivity contribution in [2.75, 3.05) is 0 Å². The maximum absolute atomic E-state index is 11.3. The second kappa shape index (κ2) is 10.3. The molecule has 3 aromatic heterocycles. The molecule has 0 spiro atoms. The van der Waals surface area contributed by atoms with Crippen molar-refractivity contribution in [1.82, 2.24) is 15.0 Å². The molecule has 34 heavy (non-hydrogen) atoms. The molecular formula is C25H15K2N3O4. The monoisotopic (exact) mass is 499 g/mol. The number of carboxylic acid groups (broad SMARTS) is 2. The number of aromatic nitrogens is 3. The number of hydrogen-bond donors (Lipinski definition) is 0. The van der Waals surface area contributed by atoms with Crippen molar-refractivity contribution < 1.29 is 123 Å². The topological polar surface area (TPSA) is 119 Å². The molecule has 3 heterocycles. The van der Waals surface area contributed by atoms with Gasteiger partial charge < -0.3 is 19.8 Å². The Morgan fingerprint density at radius 1 is 0.618 bits per heavy atom. The van der Waals surface area contributed by atoms with E-state index in [0.717, 1.165) is 64.4 Å². The van der Waals surface area contributed by atoms with Gasteiger partial charge in [-0.3, -0.25) is 0 Å². The Labute approximate surface area is 280 Å². The van der Waals surface area contributed by atoms with Gasteiger partial charge in [-0.05, 0) is 78.3 Å². The molecule has 0 aliphatic heterocycles. The van der Waals surface area contributed by atoms with Gasteiger partial charge in [-0.15, -0.1) is 0 Å². The first-order valence-electron chi connectivity index (χ1n) is 10.4. The van der Waals surface area contributed by atoms with Crippen LogP contribution in [0, 0.1) is 0 Å². The third-order valence-electron chi connectivity index (χ3n) is 6.30. The van der Waals surface area contributed by atoms with Crippen molar-refractivity contribution in [1.29, 1.82) is 0 Å². The molecule has 7 nitrogen and oxygen atoms in total. The summed E-state index contributed by atoms with van der Waals surface area (Å²) in [6.45, 7) is 0. The third-order valence-corrected chi connectivity index (χ3v) is 6.30. The maximum Gasteiger partial charge on any atom is 1.00 e. The van der Waals surface area contributed by atoms with Gasteiger partial charge in [-0.25, -0.2) is 15.0 Å². The SMILES string of the molecule is O=C([O-])c1ccc2c(n1)-c1cc3nc4c(cc3cc1CC2)CCc1ccc(C(=O)[O-])nc1-4.[K+].[K+]. The number of nitrogens with zero attached hydrogens (tertiary/aromatic N) is 3. The first-order valence-corrected chi connectivity index (χ1v) is 10.4. The van der Waals surface area contributed by atoms with Crippen LogP contribution < -0.4 is 113 Å². The average molecular weight is 500 g/mol. The van der Waals surface area contributed by atoms with E-state index >= 15 is 0 Å². The number of pyridine rings is 3. The van der Waals surface area contributed by atoms with Gasteiger partial charge >= 0.3 is 103 Å². The van der Waals surface area contributed by atoms with Crippen molar-refractivity contribution in [2.24, 2.45) is 0 Å². The Kier molecular flexibility index (Phi) is 7.90. The fraction of sp³-hybridized carbons (Fsp3) is 0.160. The Morgan fingerprint density at radius 3 is 1.76 bits per heavy atom. The number of benzene rings is 1. The number of aromatic carboxylic acids is 2. The first-order chi connectivity index (χ1) is 15.5. The van der Waals surface area contributed by atoms with Gasteiger partial charge in [-0.1, -0.05) is 12.1 Å². The minimum absolute atomic E-state index is 0. The Balaban J connectivity index is 0.00000137. The summed E-state index contributed by atoms with van der Waals surface area (Å²) in [5.41, 5.74) is 7.35. The summed E-state index contributed by atoms with van der Waals surface area (Å²) in [6.07, 6.45) is 3.19. The minimum Gasteiger partial charge on any atom is -0.543 e. The largest absolute Gasteiger partial charge is 1.00 e. The molecule has 6 rings (SSSR count). The van der Waals surface area contributed by atoms with Crippen LogP contribution in [0.4, 0.5) is 0 Å². The van der Waals surface area contributed by atoms with E-state index < -0.39 is 11.9 Å². The van der Waals surface area contributed by atoms with Crippen LogP contribution in [0.5, 0.6) is 0 Å². The predicted molar refractivity (Wildman–Crippen MR) is 112 cm³/mol. The van der Waals surface area contributed by atoms with E-state index in [9.17, 15) is 19.8 Å². The van der Waals surface area contributed by atoms with E-state index in [1.54, 1.807) is 12.1 Å². The van der Waals surface area contributed by atoms with Crippen molar-refractivity contribution in [3.05, 3.63) is 76.1 Å². The van der Waals surface area contributed by atoms with Crippen molar-refractivity contribution >= 4 is 22.8 Å². The summed E-state index contributed by atoms with van der Waals surface area (Å²) in [6, 6.07) is 12.6. The van der Waals surface area contributed by atoms with Gasteiger partial charge in [0.1, 0.15) is 0 Å². The quantitative estimate of drug-likeness (QED) is 0.254. The van der Waals surface area contributed by atoms with E-state index in [2.05, 4.69) is 22.1 Å². The summed E-state index contributed by atoms with van der Waals surface area (Å²) < 4.78 is 0. The van der Waals surface area contributed by atoms with Crippen LogP contribution in [0.3, 0.4) is 0 Å². The zero-order valence-corrected chi connectivity index (χ0v) is 25.1. The van der Waals surface area contributed by atoms with Crippen LogP contribution in [0.1, 0.15) is 43.2 Å². The summed E-state index contributed by atoms with van der Waals surface area (Å²) >= 11 is 0. The molecule has 1 aromatic carbocycles. The molecule has 0 bridgehead atoms. The molecule has 0 amide bonds. The predicted octanol–water partition coefficient (Wildman–Crippen LogP) is -4.71. The molecule has 0 atom stereocenters. The van der Waals surface area contributed by atoms with Crippen LogP contribution in [0.15, 0.2) is 42.5 Å². The summed E-state index contributed by atoms with van der Waals surface area (Å²) in [5.74, 6) is -2.62. The molecule has 4 aromatic rings. The summed E-state index contributed by atoms with van der Waals surface area (Å²) in [5, 5.41) is 23.6. The number of hydrogen-bond acceptors (Lipinski definition) is 7. The fourth-order valence-corrected chi connectivity index (χ4v) is 4.72. The number of carbonyl (C=O) groups excluding carboxylic acids is 2.